The van der Waals surface area contributed by atoms with Gasteiger partial charge in [0.05, 0.1) is 24.4 Å². The minimum Gasteiger partial charge on any atom is -0.497 e. The number of rotatable bonds is 7. The summed E-state index contributed by atoms with van der Waals surface area (Å²) in [7, 11) is 1.68. The molecule has 0 radical (unpaired) electrons. The lowest BCUT2D eigenvalue weighted by molar-refractivity contribution is 0.188. The number of aromatic nitrogens is 2. The van der Waals surface area contributed by atoms with Gasteiger partial charge >= 0.3 is 0 Å². The topological polar surface area (TPSA) is 47.4 Å². The fourth-order valence-corrected chi connectivity index (χ4v) is 5.37. The van der Waals surface area contributed by atoms with Crippen molar-refractivity contribution in [2.75, 3.05) is 13.7 Å². The standard InChI is InChI=1S/C32H35N3O2/c1-22(2)31-33-29-19-20-34(23(3)24-15-17-27(37-4)18-16-24)21-28(29)32(36)35(31)30(25-11-7-5-8-12-25)26-13-9-6-10-14-26/h5-18,22-23,30H,19-21H2,1-4H3. The lowest BCUT2D eigenvalue weighted by atomic mass is 9.96. The molecular formula is C32H35N3O2. The molecule has 0 saturated heterocycles. The number of hydrogen-bond acceptors (Lipinski definition) is 4. The fourth-order valence-electron chi connectivity index (χ4n) is 5.37. The van der Waals surface area contributed by atoms with E-state index in [4.69, 9.17) is 9.72 Å². The summed E-state index contributed by atoms with van der Waals surface area (Å²) in [5.74, 6) is 1.81. The molecule has 3 aromatic carbocycles. The van der Waals surface area contributed by atoms with E-state index in [1.165, 1.54) is 5.56 Å². The number of hydrogen-bond donors (Lipinski definition) is 0. The van der Waals surface area contributed by atoms with Crippen LogP contribution in [0.4, 0.5) is 0 Å². The molecule has 0 bridgehead atoms. The van der Waals surface area contributed by atoms with E-state index in [0.29, 0.717) is 6.54 Å². The minimum atomic E-state index is -0.237. The van der Waals surface area contributed by atoms with Gasteiger partial charge in [0.2, 0.25) is 0 Å². The van der Waals surface area contributed by atoms with Crippen LogP contribution in [0.1, 0.15) is 72.5 Å². The molecular weight excluding hydrogens is 458 g/mol. The van der Waals surface area contributed by atoms with Crippen LogP contribution in [0.25, 0.3) is 0 Å². The van der Waals surface area contributed by atoms with Gasteiger partial charge in [-0.3, -0.25) is 14.3 Å². The van der Waals surface area contributed by atoms with Crippen molar-refractivity contribution in [3.8, 4) is 5.75 Å². The third kappa shape index (κ3) is 4.96. The zero-order chi connectivity index (χ0) is 25.9. The van der Waals surface area contributed by atoms with Crippen molar-refractivity contribution in [1.29, 1.82) is 0 Å². The summed E-state index contributed by atoms with van der Waals surface area (Å²) >= 11 is 0. The Labute approximate surface area is 219 Å². The van der Waals surface area contributed by atoms with E-state index < -0.39 is 0 Å². The molecule has 0 saturated carbocycles. The number of methoxy groups -OCH3 is 1. The van der Waals surface area contributed by atoms with Gasteiger partial charge in [0.1, 0.15) is 11.6 Å². The molecule has 4 aromatic rings. The maximum absolute atomic E-state index is 14.4. The molecule has 1 atom stereocenters. The fraction of sp³-hybridized carbons (Fsp3) is 0.312. The highest BCUT2D eigenvalue weighted by atomic mass is 16.5. The Balaban J connectivity index is 1.60. The zero-order valence-corrected chi connectivity index (χ0v) is 22.1. The van der Waals surface area contributed by atoms with Crippen LogP contribution in [0.15, 0.2) is 89.7 Å². The van der Waals surface area contributed by atoms with Crippen LogP contribution in [0.5, 0.6) is 5.75 Å². The highest BCUT2D eigenvalue weighted by Gasteiger charge is 2.30. The monoisotopic (exact) mass is 493 g/mol. The predicted octanol–water partition coefficient (Wildman–Crippen LogP) is 6.13. The Morgan fingerprint density at radius 2 is 1.41 bits per heavy atom. The van der Waals surface area contributed by atoms with Gasteiger partial charge in [-0.2, -0.15) is 0 Å². The van der Waals surface area contributed by atoms with Crippen molar-refractivity contribution in [2.24, 2.45) is 0 Å². The van der Waals surface area contributed by atoms with Crippen molar-refractivity contribution in [3.05, 3.63) is 129 Å². The van der Waals surface area contributed by atoms with Crippen LogP contribution in [0, 0.1) is 0 Å². The summed E-state index contributed by atoms with van der Waals surface area (Å²) in [6.45, 7) is 7.91. The number of ether oxygens (including phenoxy) is 1. The van der Waals surface area contributed by atoms with Crippen LogP contribution in [0.3, 0.4) is 0 Å². The Morgan fingerprint density at radius 3 is 1.95 bits per heavy atom. The first-order valence-corrected chi connectivity index (χ1v) is 13.1. The lowest BCUT2D eigenvalue weighted by Gasteiger charge is -2.35. The van der Waals surface area contributed by atoms with Crippen molar-refractivity contribution in [1.82, 2.24) is 14.5 Å². The molecule has 0 fully saturated rings. The van der Waals surface area contributed by atoms with Crippen LogP contribution in [0.2, 0.25) is 0 Å². The first-order chi connectivity index (χ1) is 18.0. The molecule has 1 unspecified atom stereocenters. The second kappa shape index (κ2) is 10.7. The molecule has 37 heavy (non-hydrogen) atoms. The maximum Gasteiger partial charge on any atom is 0.259 e. The molecule has 5 rings (SSSR count). The van der Waals surface area contributed by atoms with Gasteiger partial charge in [-0.05, 0) is 35.7 Å². The minimum absolute atomic E-state index is 0.0676. The lowest BCUT2D eigenvalue weighted by Crippen LogP contribution is -2.41. The summed E-state index contributed by atoms with van der Waals surface area (Å²) in [4.78, 5) is 21.9. The summed E-state index contributed by atoms with van der Waals surface area (Å²) in [6, 6.07) is 28.7. The maximum atomic E-state index is 14.4. The molecule has 5 nitrogen and oxygen atoms in total. The van der Waals surface area contributed by atoms with E-state index in [1.54, 1.807) is 7.11 Å². The zero-order valence-electron chi connectivity index (χ0n) is 22.1. The normalized spacial score (nSPS) is 14.5. The molecule has 1 aliphatic heterocycles. The second-order valence-electron chi connectivity index (χ2n) is 10.1. The molecule has 0 N–H and O–H groups in total. The average Bonchev–Trinajstić information content (AvgIpc) is 2.95. The Kier molecular flexibility index (Phi) is 7.24. The van der Waals surface area contributed by atoms with Gasteiger partial charge < -0.3 is 4.74 Å². The Bertz CT molecular complexity index is 1360. The average molecular weight is 494 g/mol. The molecule has 1 aromatic heterocycles. The molecule has 1 aliphatic rings. The van der Waals surface area contributed by atoms with Gasteiger partial charge in [-0.1, -0.05) is 86.6 Å². The van der Waals surface area contributed by atoms with Gasteiger partial charge in [-0.15, -0.1) is 0 Å². The molecule has 0 amide bonds. The Hall–Kier alpha value is -3.70. The van der Waals surface area contributed by atoms with Crippen molar-refractivity contribution in [2.45, 2.75) is 51.7 Å². The van der Waals surface area contributed by atoms with E-state index in [9.17, 15) is 4.79 Å². The molecule has 0 spiro atoms. The molecule has 190 valence electrons. The van der Waals surface area contributed by atoms with Crippen molar-refractivity contribution >= 4 is 0 Å². The Morgan fingerprint density at radius 1 is 0.811 bits per heavy atom. The van der Waals surface area contributed by atoms with Crippen LogP contribution in [-0.4, -0.2) is 28.1 Å². The second-order valence-corrected chi connectivity index (χ2v) is 10.1. The molecule has 0 aliphatic carbocycles. The quantitative estimate of drug-likeness (QED) is 0.311. The molecule has 2 heterocycles. The van der Waals surface area contributed by atoms with E-state index in [-0.39, 0.29) is 23.6 Å². The van der Waals surface area contributed by atoms with E-state index >= 15 is 0 Å². The highest BCUT2D eigenvalue weighted by molar-refractivity contribution is 5.36. The van der Waals surface area contributed by atoms with Crippen molar-refractivity contribution in [3.63, 3.8) is 0 Å². The number of benzene rings is 3. The predicted molar refractivity (Wildman–Crippen MR) is 148 cm³/mol. The molecule has 5 heteroatoms. The van der Waals surface area contributed by atoms with E-state index in [1.807, 2.05) is 53.1 Å². The van der Waals surface area contributed by atoms with Crippen LogP contribution < -0.4 is 10.3 Å². The van der Waals surface area contributed by atoms with Crippen LogP contribution >= 0.6 is 0 Å². The van der Waals surface area contributed by atoms with Crippen molar-refractivity contribution < 1.29 is 4.74 Å². The van der Waals surface area contributed by atoms with Gasteiger partial charge in [0.15, 0.2) is 0 Å². The summed E-state index contributed by atoms with van der Waals surface area (Å²) in [5.41, 5.74) is 5.20. The van der Waals surface area contributed by atoms with Gasteiger partial charge in [0.25, 0.3) is 5.56 Å². The summed E-state index contributed by atoms with van der Waals surface area (Å²) in [6.07, 6.45) is 0.771. The largest absolute Gasteiger partial charge is 0.497 e. The van der Waals surface area contributed by atoms with Gasteiger partial charge in [-0.25, -0.2) is 4.98 Å². The SMILES string of the molecule is COc1ccc(C(C)N2CCc3nc(C(C)C)n(C(c4ccccc4)c4ccccc4)c(=O)c3C2)cc1. The first-order valence-electron chi connectivity index (χ1n) is 13.1. The number of nitrogens with zero attached hydrogens (tertiary/aromatic N) is 3. The summed E-state index contributed by atoms with van der Waals surface area (Å²) < 4.78 is 7.28. The third-order valence-electron chi connectivity index (χ3n) is 7.47. The first kappa shape index (κ1) is 25.0. The smallest absolute Gasteiger partial charge is 0.259 e. The van der Waals surface area contributed by atoms with Gasteiger partial charge in [0, 0.05) is 31.5 Å². The highest BCUT2D eigenvalue weighted by Crippen LogP contribution is 2.31. The van der Waals surface area contributed by atoms with E-state index in [2.05, 4.69) is 62.1 Å². The summed E-state index contributed by atoms with van der Waals surface area (Å²) in [5, 5.41) is 0. The third-order valence-corrected chi connectivity index (χ3v) is 7.47. The number of fused-ring (bicyclic) bond motifs is 1. The van der Waals surface area contributed by atoms with Crippen LogP contribution in [-0.2, 0) is 13.0 Å². The van der Waals surface area contributed by atoms with E-state index in [0.717, 1.165) is 46.9 Å².